The Morgan fingerprint density at radius 2 is 1.95 bits per heavy atom. The van der Waals surface area contributed by atoms with Gasteiger partial charge in [-0.1, -0.05) is 0 Å². The number of carbonyl (C=O) groups is 1. The van der Waals surface area contributed by atoms with Crippen LogP contribution < -0.4 is 10.6 Å². The molecule has 5 nitrogen and oxygen atoms in total. The van der Waals surface area contributed by atoms with Crippen LogP contribution in [0.1, 0.15) is 17.0 Å². The summed E-state index contributed by atoms with van der Waals surface area (Å²) in [5, 5.41) is 9.69. The van der Waals surface area contributed by atoms with E-state index in [1.165, 1.54) is 24.3 Å². The Labute approximate surface area is 116 Å². The van der Waals surface area contributed by atoms with Crippen LogP contribution in [0.25, 0.3) is 0 Å². The van der Waals surface area contributed by atoms with Crippen molar-refractivity contribution in [3.8, 4) is 0 Å². The maximum Gasteiger partial charge on any atom is 0.319 e. The molecule has 2 aromatic rings. The second-order valence-electron chi connectivity index (χ2n) is 4.59. The van der Waals surface area contributed by atoms with E-state index in [1.54, 1.807) is 4.68 Å². The average molecular weight is 276 g/mol. The highest BCUT2D eigenvalue weighted by molar-refractivity contribution is 5.89. The molecule has 1 heterocycles. The zero-order valence-electron chi connectivity index (χ0n) is 11.7. The van der Waals surface area contributed by atoms with E-state index >= 15 is 0 Å². The topological polar surface area (TPSA) is 59.0 Å². The molecule has 0 fully saturated rings. The third kappa shape index (κ3) is 3.14. The van der Waals surface area contributed by atoms with Crippen LogP contribution >= 0.6 is 0 Å². The van der Waals surface area contributed by atoms with Crippen molar-refractivity contribution < 1.29 is 9.18 Å². The summed E-state index contributed by atoms with van der Waals surface area (Å²) in [5.74, 6) is -0.336. The summed E-state index contributed by atoms with van der Waals surface area (Å²) >= 11 is 0. The second-order valence-corrected chi connectivity index (χ2v) is 4.59. The Bertz CT molecular complexity index is 619. The number of halogens is 1. The number of nitrogens with zero attached hydrogens (tertiary/aromatic N) is 2. The van der Waals surface area contributed by atoms with Crippen LogP contribution in [0.2, 0.25) is 0 Å². The molecule has 0 aliphatic heterocycles. The summed E-state index contributed by atoms with van der Waals surface area (Å²) in [4.78, 5) is 11.8. The molecule has 2 amide bonds. The molecule has 0 radical (unpaired) electrons. The second kappa shape index (κ2) is 5.73. The van der Waals surface area contributed by atoms with Gasteiger partial charge in [-0.25, -0.2) is 9.18 Å². The number of anilines is 1. The first-order valence-electron chi connectivity index (χ1n) is 6.27. The summed E-state index contributed by atoms with van der Waals surface area (Å²) in [6.07, 6.45) is 0. The molecule has 0 saturated heterocycles. The fourth-order valence-corrected chi connectivity index (χ4v) is 1.95. The molecule has 6 heteroatoms. The number of hydrogen-bond donors (Lipinski definition) is 2. The van der Waals surface area contributed by atoms with Crippen LogP contribution in [0.5, 0.6) is 0 Å². The van der Waals surface area contributed by atoms with Crippen molar-refractivity contribution in [2.45, 2.75) is 20.4 Å². The van der Waals surface area contributed by atoms with E-state index in [4.69, 9.17) is 0 Å². The van der Waals surface area contributed by atoms with E-state index in [1.807, 2.05) is 20.9 Å². The van der Waals surface area contributed by atoms with Gasteiger partial charge in [0.05, 0.1) is 5.69 Å². The van der Waals surface area contributed by atoms with E-state index in [2.05, 4.69) is 15.7 Å². The van der Waals surface area contributed by atoms with Gasteiger partial charge >= 0.3 is 6.03 Å². The molecular weight excluding hydrogens is 259 g/mol. The molecule has 20 heavy (non-hydrogen) atoms. The van der Waals surface area contributed by atoms with Crippen LogP contribution in [0.4, 0.5) is 14.9 Å². The van der Waals surface area contributed by atoms with Crippen molar-refractivity contribution in [1.82, 2.24) is 15.1 Å². The van der Waals surface area contributed by atoms with Crippen molar-refractivity contribution >= 4 is 11.7 Å². The molecule has 1 aromatic heterocycles. The van der Waals surface area contributed by atoms with E-state index in [0.717, 1.165) is 17.0 Å². The minimum Gasteiger partial charge on any atom is -0.334 e. The van der Waals surface area contributed by atoms with E-state index in [-0.39, 0.29) is 11.8 Å². The highest BCUT2D eigenvalue weighted by Gasteiger charge is 2.10. The van der Waals surface area contributed by atoms with Gasteiger partial charge in [-0.15, -0.1) is 0 Å². The van der Waals surface area contributed by atoms with Gasteiger partial charge in [-0.3, -0.25) is 4.68 Å². The molecule has 0 spiro atoms. The Hall–Kier alpha value is -2.37. The van der Waals surface area contributed by atoms with Crippen LogP contribution in [-0.4, -0.2) is 15.8 Å². The normalized spacial score (nSPS) is 10.4. The maximum absolute atomic E-state index is 12.7. The van der Waals surface area contributed by atoms with Crippen LogP contribution in [0, 0.1) is 19.7 Å². The molecular formula is C14H17FN4O. The largest absolute Gasteiger partial charge is 0.334 e. The lowest BCUT2D eigenvalue weighted by atomic mass is 10.2. The fourth-order valence-electron chi connectivity index (χ4n) is 1.95. The highest BCUT2D eigenvalue weighted by atomic mass is 19.1. The number of aromatic nitrogens is 2. The molecule has 1 aromatic carbocycles. The average Bonchev–Trinajstić information content (AvgIpc) is 2.64. The Kier molecular flexibility index (Phi) is 4.02. The summed E-state index contributed by atoms with van der Waals surface area (Å²) in [6.45, 7) is 4.26. The third-order valence-corrected chi connectivity index (χ3v) is 3.19. The first-order valence-corrected chi connectivity index (χ1v) is 6.27. The lowest BCUT2D eigenvalue weighted by Crippen LogP contribution is -2.28. The van der Waals surface area contributed by atoms with Gasteiger partial charge in [0.25, 0.3) is 0 Å². The molecule has 106 valence electrons. The monoisotopic (exact) mass is 276 g/mol. The minimum atomic E-state index is -0.336. The lowest BCUT2D eigenvalue weighted by molar-refractivity contribution is 0.251. The number of rotatable bonds is 3. The van der Waals surface area contributed by atoms with Crippen LogP contribution in [-0.2, 0) is 13.6 Å². The molecule has 0 atom stereocenters. The number of carbonyl (C=O) groups excluding carboxylic acids is 1. The zero-order valence-corrected chi connectivity index (χ0v) is 11.7. The van der Waals surface area contributed by atoms with E-state index in [9.17, 15) is 9.18 Å². The Morgan fingerprint density at radius 1 is 1.30 bits per heavy atom. The molecule has 0 bridgehead atoms. The quantitative estimate of drug-likeness (QED) is 0.905. The van der Waals surface area contributed by atoms with E-state index in [0.29, 0.717) is 12.2 Å². The van der Waals surface area contributed by atoms with E-state index < -0.39 is 0 Å². The van der Waals surface area contributed by atoms with Crippen LogP contribution in [0.15, 0.2) is 24.3 Å². The maximum atomic E-state index is 12.7. The van der Waals surface area contributed by atoms with Crippen LogP contribution in [0.3, 0.4) is 0 Å². The number of amides is 2. The van der Waals surface area contributed by atoms with Crippen molar-refractivity contribution in [2.75, 3.05) is 5.32 Å². The summed E-state index contributed by atoms with van der Waals surface area (Å²) in [5.41, 5.74) is 3.46. The molecule has 2 N–H and O–H groups in total. The highest BCUT2D eigenvalue weighted by Crippen LogP contribution is 2.12. The van der Waals surface area contributed by atoms with Crippen molar-refractivity contribution in [1.29, 1.82) is 0 Å². The van der Waals surface area contributed by atoms with Gasteiger partial charge in [-0.2, -0.15) is 5.10 Å². The predicted molar refractivity (Wildman–Crippen MR) is 74.9 cm³/mol. The Morgan fingerprint density at radius 3 is 2.50 bits per heavy atom. The predicted octanol–water partition coefficient (Wildman–Crippen LogP) is 2.50. The zero-order chi connectivity index (χ0) is 14.7. The van der Waals surface area contributed by atoms with Crippen molar-refractivity contribution in [2.24, 2.45) is 7.05 Å². The third-order valence-electron chi connectivity index (χ3n) is 3.19. The minimum absolute atomic E-state index is 0.334. The van der Waals surface area contributed by atoms with Gasteiger partial charge in [0.15, 0.2) is 0 Å². The summed E-state index contributed by atoms with van der Waals surface area (Å²) in [6, 6.07) is 5.28. The first-order chi connectivity index (χ1) is 9.47. The number of aryl methyl sites for hydroxylation is 2. The molecule has 0 unspecified atom stereocenters. The van der Waals surface area contributed by atoms with Crippen molar-refractivity contribution in [3.63, 3.8) is 0 Å². The molecule has 2 rings (SSSR count). The molecule has 0 saturated carbocycles. The summed E-state index contributed by atoms with van der Waals surface area (Å²) < 4.78 is 14.5. The SMILES string of the molecule is Cc1nn(C)c(C)c1CNC(=O)Nc1ccc(F)cc1. The smallest absolute Gasteiger partial charge is 0.319 e. The van der Waals surface area contributed by atoms with Gasteiger partial charge in [0, 0.05) is 30.5 Å². The first kappa shape index (κ1) is 14.0. The van der Waals surface area contributed by atoms with Gasteiger partial charge < -0.3 is 10.6 Å². The van der Waals surface area contributed by atoms with Gasteiger partial charge in [-0.05, 0) is 38.1 Å². The summed E-state index contributed by atoms with van der Waals surface area (Å²) in [7, 11) is 1.87. The fraction of sp³-hybridized carbons (Fsp3) is 0.286. The Balaban J connectivity index is 1.94. The standard InChI is InChI=1S/C14H17FN4O/c1-9-13(10(2)19(3)18-9)8-16-14(20)17-12-6-4-11(15)5-7-12/h4-7H,8H2,1-3H3,(H2,16,17,20). The van der Waals surface area contributed by atoms with Gasteiger partial charge in [0.2, 0.25) is 0 Å². The lowest BCUT2D eigenvalue weighted by Gasteiger charge is -2.08. The number of nitrogens with one attached hydrogen (secondary N) is 2. The van der Waals surface area contributed by atoms with Gasteiger partial charge in [0.1, 0.15) is 5.82 Å². The number of urea groups is 1. The molecule has 0 aliphatic carbocycles. The van der Waals surface area contributed by atoms with Crippen molar-refractivity contribution in [3.05, 3.63) is 47.0 Å². The number of hydrogen-bond acceptors (Lipinski definition) is 2. The number of benzene rings is 1. The molecule has 0 aliphatic rings.